The van der Waals surface area contributed by atoms with Gasteiger partial charge in [0, 0.05) is 19.1 Å². The van der Waals surface area contributed by atoms with Gasteiger partial charge in [-0.05, 0) is 45.7 Å². The molecule has 0 atom stereocenters. The van der Waals surface area contributed by atoms with E-state index in [0.717, 1.165) is 6.54 Å². The van der Waals surface area contributed by atoms with E-state index in [1.54, 1.807) is 0 Å². The van der Waals surface area contributed by atoms with Crippen LogP contribution < -0.4 is 5.32 Å². The zero-order valence-corrected chi connectivity index (χ0v) is 12.4. The minimum absolute atomic E-state index is 0.533. The number of rotatable bonds is 6. The molecule has 1 saturated carbocycles. The molecule has 1 N–H and O–H groups in total. The summed E-state index contributed by atoms with van der Waals surface area (Å²) in [7, 11) is 2.28. The third kappa shape index (κ3) is 4.97. The quantitative estimate of drug-likeness (QED) is 0.717. The van der Waals surface area contributed by atoms with Crippen molar-refractivity contribution in [2.24, 2.45) is 5.41 Å². The molecule has 2 nitrogen and oxygen atoms in total. The molecule has 2 heteroatoms. The Balaban J connectivity index is 2.62. The monoisotopic (exact) mass is 240 g/mol. The van der Waals surface area contributed by atoms with Crippen molar-refractivity contribution < 1.29 is 0 Å². The molecule has 102 valence electrons. The fourth-order valence-corrected chi connectivity index (χ4v) is 2.97. The summed E-state index contributed by atoms with van der Waals surface area (Å²) in [5.74, 6) is 0. The molecule has 1 rings (SSSR count). The molecule has 0 heterocycles. The number of hydrogen-bond donors (Lipinski definition) is 1. The summed E-state index contributed by atoms with van der Waals surface area (Å²) in [6.07, 6.45) is 8.57. The molecule has 0 aromatic rings. The lowest BCUT2D eigenvalue weighted by molar-refractivity contribution is 0.126. The third-order valence-electron chi connectivity index (χ3n) is 4.38. The minimum atomic E-state index is 0.533. The van der Waals surface area contributed by atoms with E-state index >= 15 is 0 Å². The Labute approximate surface area is 108 Å². The van der Waals surface area contributed by atoms with Crippen LogP contribution in [0.5, 0.6) is 0 Å². The number of hydrogen-bond acceptors (Lipinski definition) is 2. The molecule has 0 aromatic heterocycles. The van der Waals surface area contributed by atoms with E-state index in [1.807, 2.05) is 0 Å². The van der Waals surface area contributed by atoms with Crippen molar-refractivity contribution in [3.8, 4) is 0 Å². The molecule has 0 bridgehead atoms. The van der Waals surface area contributed by atoms with Gasteiger partial charge < -0.3 is 10.2 Å². The lowest BCUT2D eigenvalue weighted by atomic mass is 9.79. The van der Waals surface area contributed by atoms with E-state index in [9.17, 15) is 0 Å². The first-order valence-electron chi connectivity index (χ1n) is 7.50. The molecule has 1 fully saturated rings. The summed E-state index contributed by atoms with van der Waals surface area (Å²) in [5.41, 5.74) is 0.533. The zero-order valence-electron chi connectivity index (χ0n) is 12.4. The molecule has 1 aliphatic rings. The number of nitrogens with one attached hydrogen (secondary N) is 1. The molecule has 0 radical (unpaired) electrons. The molecule has 17 heavy (non-hydrogen) atoms. The first-order chi connectivity index (χ1) is 8.09. The van der Waals surface area contributed by atoms with Crippen LogP contribution in [0.2, 0.25) is 0 Å². The van der Waals surface area contributed by atoms with Crippen LogP contribution in [0.4, 0.5) is 0 Å². The molecule has 0 aromatic carbocycles. The van der Waals surface area contributed by atoms with Gasteiger partial charge in [0.1, 0.15) is 0 Å². The highest BCUT2D eigenvalue weighted by atomic mass is 15.1. The first kappa shape index (κ1) is 15.0. The highest BCUT2D eigenvalue weighted by Gasteiger charge is 2.32. The zero-order chi connectivity index (χ0) is 12.7. The van der Waals surface area contributed by atoms with Crippen LogP contribution in [0.15, 0.2) is 0 Å². The van der Waals surface area contributed by atoms with E-state index in [2.05, 4.69) is 38.0 Å². The van der Waals surface area contributed by atoms with Crippen molar-refractivity contribution in [1.82, 2.24) is 10.2 Å². The second-order valence-corrected chi connectivity index (χ2v) is 6.20. The Morgan fingerprint density at radius 1 is 1.12 bits per heavy atom. The maximum absolute atomic E-state index is 3.60. The van der Waals surface area contributed by atoms with Gasteiger partial charge in [-0.3, -0.25) is 0 Å². The van der Waals surface area contributed by atoms with Gasteiger partial charge >= 0.3 is 0 Å². The molecular weight excluding hydrogens is 208 g/mol. The van der Waals surface area contributed by atoms with Gasteiger partial charge in [-0.25, -0.2) is 0 Å². The molecule has 0 amide bonds. The fourth-order valence-electron chi connectivity index (χ4n) is 2.97. The van der Waals surface area contributed by atoms with Gasteiger partial charge in [-0.2, -0.15) is 0 Å². The fraction of sp³-hybridized carbons (Fsp3) is 1.00. The van der Waals surface area contributed by atoms with Crippen LogP contribution in [0.1, 0.15) is 59.3 Å². The van der Waals surface area contributed by atoms with Gasteiger partial charge in [-0.1, -0.05) is 32.6 Å². The van der Waals surface area contributed by atoms with Crippen LogP contribution in [-0.2, 0) is 0 Å². The molecule has 0 saturated heterocycles. The molecule has 0 unspecified atom stereocenters. The van der Waals surface area contributed by atoms with E-state index in [0.29, 0.717) is 11.5 Å². The summed E-state index contributed by atoms with van der Waals surface area (Å²) < 4.78 is 0. The molecule has 0 aliphatic heterocycles. The standard InChI is InChI=1S/C15H32N2/c1-5-16-12-15(13-17(4)14(2)3)10-8-6-7-9-11-15/h14,16H,5-13H2,1-4H3. The van der Waals surface area contributed by atoms with E-state index < -0.39 is 0 Å². The Bertz CT molecular complexity index is 193. The summed E-state index contributed by atoms with van der Waals surface area (Å²) in [4.78, 5) is 2.53. The van der Waals surface area contributed by atoms with Crippen LogP contribution in [0.25, 0.3) is 0 Å². The average Bonchev–Trinajstić information content (AvgIpc) is 2.52. The summed E-state index contributed by atoms with van der Waals surface area (Å²) in [6, 6.07) is 0.664. The minimum Gasteiger partial charge on any atom is -0.316 e. The lowest BCUT2D eigenvalue weighted by Crippen LogP contribution is -2.44. The Morgan fingerprint density at radius 2 is 1.71 bits per heavy atom. The SMILES string of the molecule is CCNCC1(CN(C)C(C)C)CCCCCC1. The Hall–Kier alpha value is -0.0800. The van der Waals surface area contributed by atoms with Crippen molar-refractivity contribution in [2.45, 2.75) is 65.3 Å². The van der Waals surface area contributed by atoms with Gasteiger partial charge in [0.2, 0.25) is 0 Å². The maximum atomic E-state index is 3.60. The van der Waals surface area contributed by atoms with Crippen molar-refractivity contribution >= 4 is 0 Å². The predicted molar refractivity (Wildman–Crippen MR) is 76.4 cm³/mol. The lowest BCUT2D eigenvalue weighted by Gasteiger charge is -2.38. The normalized spacial score (nSPS) is 20.8. The Kier molecular flexibility index (Phi) is 6.50. The second kappa shape index (κ2) is 7.38. The molecule has 0 spiro atoms. The number of nitrogens with zero attached hydrogens (tertiary/aromatic N) is 1. The third-order valence-corrected chi connectivity index (χ3v) is 4.38. The highest BCUT2D eigenvalue weighted by Crippen LogP contribution is 2.35. The highest BCUT2D eigenvalue weighted by molar-refractivity contribution is 4.86. The van der Waals surface area contributed by atoms with Crippen LogP contribution in [-0.4, -0.2) is 37.6 Å². The van der Waals surface area contributed by atoms with Gasteiger partial charge in [-0.15, -0.1) is 0 Å². The van der Waals surface area contributed by atoms with Crippen molar-refractivity contribution in [2.75, 3.05) is 26.7 Å². The first-order valence-corrected chi connectivity index (χ1v) is 7.50. The smallest absolute Gasteiger partial charge is 0.00498 e. The summed E-state index contributed by atoms with van der Waals surface area (Å²) in [5, 5.41) is 3.60. The average molecular weight is 240 g/mol. The maximum Gasteiger partial charge on any atom is 0.00498 e. The van der Waals surface area contributed by atoms with Gasteiger partial charge in [0.05, 0.1) is 0 Å². The van der Waals surface area contributed by atoms with Crippen LogP contribution >= 0.6 is 0 Å². The molecular formula is C15H32N2. The predicted octanol–water partition coefficient (Wildman–Crippen LogP) is 3.28. The Morgan fingerprint density at radius 3 is 2.18 bits per heavy atom. The second-order valence-electron chi connectivity index (χ2n) is 6.20. The van der Waals surface area contributed by atoms with E-state index in [-0.39, 0.29) is 0 Å². The topological polar surface area (TPSA) is 15.3 Å². The van der Waals surface area contributed by atoms with E-state index in [1.165, 1.54) is 51.6 Å². The van der Waals surface area contributed by atoms with Crippen molar-refractivity contribution in [3.63, 3.8) is 0 Å². The van der Waals surface area contributed by atoms with Crippen molar-refractivity contribution in [3.05, 3.63) is 0 Å². The largest absolute Gasteiger partial charge is 0.316 e. The summed E-state index contributed by atoms with van der Waals surface area (Å²) >= 11 is 0. The van der Waals surface area contributed by atoms with Crippen LogP contribution in [0, 0.1) is 5.41 Å². The van der Waals surface area contributed by atoms with E-state index in [4.69, 9.17) is 0 Å². The molecule has 1 aliphatic carbocycles. The van der Waals surface area contributed by atoms with Gasteiger partial charge in [0.15, 0.2) is 0 Å². The van der Waals surface area contributed by atoms with Gasteiger partial charge in [0.25, 0.3) is 0 Å². The van der Waals surface area contributed by atoms with Crippen molar-refractivity contribution in [1.29, 1.82) is 0 Å². The van der Waals surface area contributed by atoms with Crippen LogP contribution in [0.3, 0.4) is 0 Å². The summed E-state index contributed by atoms with van der Waals surface area (Å²) in [6.45, 7) is 10.4.